The Balaban J connectivity index is 1.52. The Labute approximate surface area is 173 Å². The second-order valence-electron chi connectivity index (χ2n) is 7.33. The van der Waals surface area contributed by atoms with Gasteiger partial charge in [0, 0.05) is 32.5 Å². The van der Waals surface area contributed by atoms with Gasteiger partial charge < -0.3 is 19.9 Å². The maximum Gasteiger partial charge on any atom is 0.326 e. The molecule has 160 valence electrons. The van der Waals surface area contributed by atoms with Gasteiger partial charge in [-0.2, -0.15) is 0 Å². The molecule has 5 amide bonds. The van der Waals surface area contributed by atoms with Crippen molar-refractivity contribution in [3.8, 4) is 0 Å². The zero-order valence-corrected chi connectivity index (χ0v) is 16.9. The first kappa shape index (κ1) is 21.3. The molecule has 0 saturated carbocycles. The van der Waals surface area contributed by atoms with Crippen molar-refractivity contribution in [3.63, 3.8) is 0 Å². The fourth-order valence-corrected chi connectivity index (χ4v) is 3.52. The molecule has 1 saturated heterocycles. The predicted octanol–water partition coefficient (Wildman–Crippen LogP) is 0.968. The molecule has 10 nitrogen and oxygen atoms in total. The van der Waals surface area contributed by atoms with E-state index in [9.17, 15) is 24.0 Å². The van der Waals surface area contributed by atoms with Gasteiger partial charge in [0.2, 0.25) is 11.8 Å². The van der Waals surface area contributed by atoms with E-state index in [1.54, 1.807) is 31.2 Å². The molecule has 0 aromatic heterocycles. The molecule has 2 heterocycles. The summed E-state index contributed by atoms with van der Waals surface area (Å²) in [6.45, 7) is 1.44. The molecular weight excluding hydrogens is 392 g/mol. The van der Waals surface area contributed by atoms with Crippen molar-refractivity contribution in [1.82, 2.24) is 9.80 Å². The number of fused-ring (bicyclic) bond motifs is 1. The van der Waals surface area contributed by atoms with Crippen molar-refractivity contribution in [2.45, 2.75) is 32.2 Å². The minimum Gasteiger partial charge on any atom is -0.456 e. The number of para-hydroxylation sites is 2. The van der Waals surface area contributed by atoms with E-state index < -0.39 is 24.5 Å². The molecule has 1 aromatic carbocycles. The molecule has 2 aliphatic heterocycles. The minimum absolute atomic E-state index is 0.0275. The van der Waals surface area contributed by atoms with Gasteiger partial charge in [-0.15, -0.1) is 0 Å². The lowest BCUT2D eigenvalue weighted by Gasteiger charge is -2.27. The topological polar surface area (TPSA) is 116 Å². The number of hydrogen-bond donors (Lipinski definition) is 1. The second-order valence-corrected chi connectivity index (χ2v) is 7.33. The van der Waals surface area contributed by atoms with Gasteiger partial charge in [0.25, 0.3) is 5.91 Å². The lowest BCUT2D eigenvalue weighted by atomic mass is 10.1. The Morgan fingerprint density at radius 3 is 2.63 bits per heavy atom. The van der Waals surface area contributed by atoms with Crippen molar-refractivity contribution in [3.05, 3.63) is 24.3 Å². The number of nitrogens with one attached hydrogen (secondary N) is 1. The third kappa shape index (κ3) is 4.58. The first-order chi connectivity index (χ1) is 14.3. The van der Waals surface area contributed by atoms with Crippen molar-refractivity contribution in [2.75, 3.05) is 37.0 Å². The standard InChI is InChI=1S/C20H24N4O6/c1-13-10-16(25)21-14-6-3-4-7-15(14)24(13)18(27)12-30-19(28)8-5-9-23-17(26)11-22(2)20(23)29/h3-4,6-7,13H,5,8-12H2,1-2H3,(H,21,25)/t13-/m0/s1. The molecule has 0 spiro atoms. The van der Waals surface area contributed by atoms with Crippen LogP contribution in [0.4, 0.5) is 16.2 Å². The monoisotopic (exact) mass is 416 g/mol. The first-order valence-corrected chi connectivity index (χ1v) is 9.70. The zero-order valence-electron chi connectivity index (χ0n) is 16.9. The number of likely N-dealkylation sites (N-methyl/N-ethyl adjacent to an activating group) is 1. The average molecular weight is 416 g/mol. The van der Waals surface area contributed by atoms with E-state index >= 15 is 0 Å². The van der Waals surface area contributed by atoms with Crippen molar-refractivity contribution in [1.29, 1.82) is 0 Å². The van der Waals surface area contributed by atoms with E-state index in [1.807, 2.05) is 0 Å². The van der Waals surface area contributed by atoms with Crippen LogP contribution in [0.1, 0.15) is 26.2 Å². The van der Waals surface area contributed by atoms with E-state index in [0.29, 0.717) is 11.4 Å². The number of carbonyl (C=O) groups excluding carboxylic acids is 5. The van der Waals surface area contributed by atoms with Crippen LogP contribution in [0, 0.1) is 0 Å². The fourth-order valence-electron chi connectivity index (χ4n) is 3.52. The summed E-state index contributed by atoms with van der Waals surface area (Å²) in [5.41, 5.74) is 1.07. The van der Waals surface area contributed by atoms with E-state index in [-0.39, 0.29) is 50.2 Å². The van der Waals surface area contributed by atoms with Gasteiger partial charge >= 0.3 is 12.0 Å². The van der Waals surface area contributed by atoms with E-state index in [4.69, 9.17) is 4.74 Å². The van der Waals surface area contributed by atoms with Crippen molar-refractivity contribution < 1.29 is 28.7 Å². The van der Waals surface area contributed by atoms with Gasteiger partial charge in [0.1, 0.15) is 6.54 Å². The van der Waals surface area contributed by atoms with Gasteiger partial charge in [0.15, 0.2) is 6.61 Å². The summed E-state index contributed by atoms with van der Waals surface area (Å²) in [6.07, 6.45) is 0.348. The van der Waals surface area contributed by atoms with Gasteiger partial charge in [-0.3, -0.25) is 24.1 Å². The Bertz CT molecular complexity index is 886. The highest BCUT2D eigenvalue weighted by Crippen LogP contribution is 2.31. The van der Waals surface area contributed by atoms with Crippen molar-refractivity contribution >= 4 is 41.1 Å². The molecule has 0 radical (unpaired) electrons. The zero-order chi connectivity index (χ0) is 21.8. The molecule has 30 heavy (non-hydrogen) atoms. The number of anilines is 2. The van der Waals surface area contributed by atoms with Crippen LogP contribution in [0.15, 0.2) is 24.3 Å². The predicted molar refractivity (Wildman–Crippen MR) is 107 cm³/mol. The number of hydrogen-bond acceptors (Lipinski definition) is 6. The SMILES string of the molecule is C[C@H]1CC(=O)Nc2ccccc2N1C(=O)COC(=O)CCCN1C(=O)CN(C)C1=O. The fraction of sp³-hybridized carbons (Fsp3) is 0.450. The average Bonchev–Trinajstić information content (AvgIpc) is 2.85. The highest BCUT2D eigenvalue weighted by molar-refractivity contribution is 6.05. The quantitative estimate of drug-likeness (QED) is 0.546. The summed E-state index contributed by atoms with van der Waals surface area (Å²) in [5, 5.41) is 2.76. The number of urea groups is 1. The molecule has 1 N–H and O–H groups in total. The van der Waals surface area contributed by atoms with Gasteiger partial charge in [0.05, 0.1) is 11.4 Å². The van der Waals surface area contributed by atoms with Gasteiger partial charge in [-0.25, -0.2) is 4.79 Å². The molecule has 1 aromatic rings. The Hall–Kier alpha value is -3.43. The summed E-state index contributed by atoms with van der Waals surface area (Å²) < 4.78 is 5.09. The number of carbonyl (C=O) groups is 5. The number of nitrogens with zero attached hydrogens (tertiary/aromatic N) is 3. The second kappa shape index (κ2) is 8.93. The molecular formula is C20H24N4O6. The Morgan fingerprint density at radius 2 is 1.93 bits per heavy atom. The van der Waals surface area contributed by atoms with Gasteiger partial charge in [-0.1, -0.05) is 12.1 Å². The smallest absolute Gasteiger partial charge is 0.326 e. The van der Waals surface area contributed by atoms with Crippen LogP contribution < -0.4 is 10.2 Å². The van der Waals surface area contributed by atoms with E-state index in [1.165, 1.54) is 16.8 Å². The van der Waals surface area contributed by atoms with E-state index in [2.05, 4.69) is 5.32 Å². The third-order valence-corrected chi connectivity index (χ3v) is 4.98. The lowest BCUT2D eigenvalue weighted by molar-refractivity contribution is -0.148. The number of benzene rings is 1. The molecule has 0 unspecified atom stereocenters. The maximum atomic E-state index is 12.7. The number of ether oxygens (including phenoxy) is 1. The Morgan fingerprint density at radius 1 is 1.20 bits per heavy atom. The first-order valence-electron chi connectivity index (χ1n) is 9.70. The number of esters is 1. The lowest BCUT2D eigenvalue weighted by Crippen LogP contribution is -2.41. The highest BCUT2D eigenvalue weighted by Gasteiger charge is 2.33. The molecule has 2 aliphatic rings. The summed E-state index contributed by atoms with van der Waals surface area (Å²) in [7, 11) is 1.53. The number of imide groups is 1. The van der Waals surface area contributed by atoms with Crippen molar-refractivity contribution in [2.24, 2.45) is 0 Å². The molecule has 1 atom stereocenters. The molecule has 0 aliphatic carbocycles. The van der Waals surface area contributed by atoms with Crippen LogP contribution in [-0.4, -0.2) is 72.3 Å². The largest absolute Gasteiger partial charge is 0.456 e. The van der Waals surface area contributed by atoms with Crippen LogP contribution in [-0.2, 0) is 23.9 Å². The van der Waals surface area contributed by atoms with Crippen LogP contribution in [0.3, 0.4) is 0 Å². The Kier molecular flexibility index (Phi) is 6.34. The maximum absolute atomic E-state index is 12.7. The van der Waals surface area contributed by atoms with E-state index in [0.717, 1.165) is 4.90 Å². The third-order valence-electron chi connectivity index (χ3n) is 4.98. The minimum atomic E-state index is -0.597. The summed E-state index contributed by atoms with van der Waals surface area (Å²) in [4.78, 5) is 64.1. The summed E-state index contributed by atoms with van der Waals surface area (Å²) in [5.74, 6) is -1.53. The number of rotatable bonds is 6. The molecule has 0 bridgehead atoms. The number of amides is 5. The molecule has 1 fully saturated rings. The van der Waals surface area contributed by atoms with Crippen LogP contribution in [0.25, 0.3) is 0 Å². The molecule has 10 heteroatoms. The van der Waals surface area contributed by atoms with Crippen LogP contribution >= 0.6 is 0 Å². The normalized spacial score (nSPS) is 18.8. The van der Waals surface area contributed by atoms with Gasteiger partial charge in [-0.05, 0) is 25.5 Å². The van der Waals surface area contributed by atoms with Crippen LogP contribution in [0.2, 0.25) is 0 Å². The highest BCUT2D eigenvalue weighted by atomic mass is 16.5. The van der Waals surface area contributed by atoms with Crippen LogP contribution in [0.5, 0.6) is 0 Å². The summed E-state index contributed by atoms with van der Waals surface area (Å²) >= 11 is 0. The molecule has 3 rings (SSSR count). The summed E-state index contributed by atoms with van der Waals surface area (Å²) in [6, 6.07) is 6.15.